The van der Waals surface area contributed by atoms with Gasteiger partial charge in [0.2, 0.25) is 5.91 Å². The summed E-state index contributed by atoms with van der Waals surface area (Å²) >= 11 is 4.05. The van der Waals surface area contributed by atoms with Crippen molar-refractivity contribution in [2.45, 2.75) is 23.8 Å². The Kier molecular flexibility index (Phi) is 6.50. The smallest absolute Gasteiger partial charge is 0.327 e. The van der Waals surface area contributed by atoms with Gasteiger partial charge in [-0.25, -0.2) is 4.79 Å². The van der Waals surface area contributed by atoms with Crippen LogP contribution in [0.15, 0.2) is 30.3 Å². The van der Waals surface area contributed by atoms with Gasteiger partial charge in [0.1, 0.15) is 6.04 Å². The van der Waals surface area contributed by atoms with E-state index in [0.717, 1.165) is 5.56 Å². The maximum Gasteiger partial charge on any atom is 0.327 e. The van der Waals surface area contributed by atoms with E-state index in [2.05, 4.69) is 17.9 Å². The Hall–Kier alpha value is -1.57. The number of carbonyl (C=O) groups excluding carboxylic acids is 1. The fourth-order valence-electron chi connectivity index (χ4n) is 1.68. The number of carboxylic acid groups (broad SMARTS) is 1. The van der Waals surface area contributed by atoms with E-state index in [0.29, 0.717) is 6.42 Å². The maximum absolute atomic E-state index is 11.9. The van der Waals surface area contributed by atoms with Crippen molar-refractivity contribution in [3.63, 3.8) is 0 Å². The van der Waals surface area contributed by atoms with E-state index in [1.807, 2.05) is 30.3 Å². The molecule has 7 heteroatoms. The van der Waals surface area contributed by atoms with Gasteiger partial charge in [0.05, 0.1) is 6.04 Å². The molecule has 110 valence electrons. The lowest BCUT2D eigenvalue weighted by atomic mass is 10.1. The zero-order chi connectivity index (χ0) is 15.1. The molecule has 1 aromatic rings. The van der Waals surface area contributed by atoms with Crippen molar-refractivity contribution in [3.05, 3.63) is 35.9 Å². The Morgan fingerprint density at radius 1 is 1.30 bits per heavy atom. The van der Waals surface area contributed by atoms with E-state index in [1.54, 1.807) is 0 Å². The van der Waals surface area contributed by atoms with Crippen molar-refractivity contribution in [1.29, 1.82) is 0 Å². The van der Waals surface area contributed by atoms with Gasteiger partial charge < -0.3 is 21.9 Å². The summed E-state index contributed by atoms with van der Waals surface area (Å²) < 4.78 is 0. The summed E-state index contributed by atoms with van der Waals surface area (Å²) in [5.74, 6) is -1.72. The van der Waals surface area contributed by atoms with Gasteiger partial charge in [-0.3, -0.25) is 4.79 Å². The van der Waals surface area contributed by atoms with Gasteiger partial charge in [-0.2, -0.15) is 12.6 Å². The van der Waals surface area contributed by atoms with Crippen LogP contribution in [0.2, 0.25) is 0 Å². The second-order valence-electron chi connectivity index (χ2n) is 4.42. The number of benzene rings is 1. The third-order valence-corrected chi connectivity index (χ3v) is 3.33. The van der Waals surface area contributed by atoms with Gasteiger partial charge in [-0.1, -0.05) is 30.3 Å². The van der Waals surface area contributed by atoms with Crippen LogP contribution in [0.25, 0.3) is 0 Å². The number of aliphatic carboxylic acids is 1. The first-order chi connectivity index (χ1) is 9.45. The number of thiol groups is 1. The highest BCUT2D eigenvalue weighted by Gasteiger charge is 2.28. The van der Waals surface area contributed by atoms with E-state index < -0.39 is 29.2 Å². The third-order valence-electron chi connectivity index (χ3n) is 2.83. The molecule has 0 aliphatic heterocycles. The number of rotatable bonds is 7. The minimum Gasteiger partial charge on any atom is -0.480 e. The van der Waals surface area contributed by atoms with Crippen molar-refractivity contribution in [2.75, 3.05) is 6.54 Å². The molecule has 1 unspecified atom stereocenters. The first-order valence-corrected chi connectivity index (χ1v) is 6.68. The van der Waals surface area contributed by atoms with Gasteiger partial charge in [-0.15, -0.1) is 0 Å². The van der Waals surface area contributed by atoms with Crippen LogP contribution in [0.3, 0.4) is 0 Å². The molecule has 0 saturated carbocycles. The van der Waals surface area contributed by atoms with Crippen LogP contribution in [0, 0.1) is 0 Å². The van der Waals surface area contributed by atoms with Crippen LogP contribution in [-0.4, -0.2) is 40.9 Å². The topological polar surface area (TPSA) is 118 Å². The lowest BCUT2D eigenvalue weighted by Gasteiger charge is -2.21. The second-order valence-corrected chi connectivity index (χ2v) is 5.09. The molecule has 3 atom stereocenters. The molecular weight excluding hydrogens is 278 g/mol. The number of hydrogen-bond donors (Lipinski definition) is 5. The molecule has 0 spiro atoms. The molecule has 0 aliphatic rings. The van der Waals surface area contributed by atoms with Crippen LogP contribution >= 0.6 is 12.6 Å². The van der Waals surface area contributed by atoms with Crippen molar-refractivity contribution in [2.24, 2.45) is 11.5 Å². The summed E-state index contributed by atoms with van der Waals surface area (Å²) in [4.78, 5) is 23.0. The normalized spacial score (nSPS) is 15.2. The Balaban J connectivity index is 2.62. The summed E-state index contributed by atoms with van der Waals surface area (Å²) in [6.07, 6.45) is 0.332. The van der Waals surface area contributed by atoms with Crippen LogP contribution in [0.1, 0.15) is 5.56 Å². The number of carbonyl (C=O) groups is 2. The minimum absolute atomic E-state index is 0.0360. The highest BCUT2D eigenvalue weighted by molar-refractivity contribution is 7.81. The Labute approximate surface area is 122 Å². The van der Waals surface area contributed by atoms with E-state index in [1.165, 1.54) is 0 Å². The summed E-state index contributed by atoms with van der Waals surface area (Å²) in [6, 6.07) is 7.28. The monoisotopic (exact) mass is 297 g/mol. The molecule has 1 amide bonds. The molecule has 0 heterocycles. The van der Waals surface area contributed by atoms with Crippen molar-refractivity contribution in [3.8, 4) is 0 Å². The van der Waals surface area contributed by atoms with E-state index >= 15 is 0 Å². The molecule has 6 nitrogen and oxygen atoms in total. The lowest BCUT2D eigenvalue weighted by molar-refractivity contribution is -0.141. The second kappa shape index (κ2) is 7.88. The number of nitrogens with one attached hydrogen (secondary N) is 1. The Bertz CT molecular complexity index is 455. The molecule has 0 aliphatic carbocycles. The lowest BCUT2D eigenvalue weighted by Crippen LogP contribution is -2.54. The third kappa shape index (κ3) is 4.84. The Morgan fingerprint density at radius 2 is 1.90 bits per heavy atom. The van der Waals surface area contributed by atoms with Crippen LogP contribution < -0.4 is 16.8 Å². The van der Waals surface area contributed by atoms with Gasteiger partial charge in [-0.05, 0) is 12.0 Å². The minimum atomic E-state index is -1.18. The SMILES string of the molecule is NCC(S)[C@H](NC(=O)[C@@H](N)Cc1ccccc1)C(=O)O. The number of amides is 1. The van der Waals surface area contributed by atoms with Crippen LogP contribution in [0.5, 0.6) is 0 Å². The van der Waals surface area contributed by atoms with Crippen molar-refractivity contribution >= 4 is 24.5 Å². The average molecular weight is 297 g/mol. The fraction of sp³-hybridized carbons (Fsp3) is 0.385. The van der Waals surface area contributed by atoms with Gasteiger partial charge >= 0.3 is 5.97 Å². The molecular formula is C13H19N3O3S. The van der Waals surface area contributed by atoms with Gasteiger partial charge in [0.25, 0.3) is 0 Å². The largest absolute Gasteiger partial charge is 0.480 e. The molecule has 1 rings (SSSR count). The zero-order valence-electron chi connectivity index (χ0n) is 10.9. The molecule has 0 bridgehead atoms. The summed E-state index contributed by atoms with van der Waals surface area (Å²) in [6.45, 7) is 0.0360. The van der Waals surface area contributed by atoms with Gasteiger partial charge in [0, 0.05) is 11.8 Å². The van der Waals surface area contributed by atoms with E-state index in [9.17, 15) is 9.59 Å². The molecule has 0 saturated heterocycles. The molecule has 0 aromatic heterocycles. The summed E-state index contributed by atoms with van der Waals surface area (Å²) in [5, 5.41) is 10.7. The predicted molar refractivity (Wildman–Crippen MR) is 79.5 cm³/mol. The quantitative estimate of drug-likeness (QED) is 0.430. The maximum atomic E-state index is 11.9. The predicted octanol–water partition coefficient (Wildman–Crippen LogP) is -0.617. The number of hydrogen-bond acceptors (Lipinski definition) is 5. The molecule has 0 fully saturated rings. The molecule has 6 N–H and O–H groups in total. The van der Waals surface area contributed by atoms with E-state index in [4.69, 9.17) is 16.6 Å². The summed E-state index contributed by atoms with van der Waals surface area (Å²) in [5.41, 5.74) is 12.0. The first kappa shape index (κ1) is 16.5. The summed E-state index contributed by atoms with van der Waals surface area (Å²) in [7, 11) is 0. The number of nitrogens with two attached hydrogens (primary N) is 2. The van der Waals surface area contributed by atoms with Crippen molar-refractivity contribution < 1.29 is 14.7 Å². The van der Waals surface area contributed by atoms with Gasteiger partial charge in [0.15, 0.2) is 0 Å². The average Bonchev–Trinajstić information content (AvgIpc) is 2.44. The van der Waals surface area contributed by atoms with Crippen LogP contribution in [0.4, 0.5) is 0 Å². The highest BCUT2D eigenvalue weighted by atomic mass is 32.1. The van der Waals surface area contributed by atoms with Crippen molar-refractivity contribution in [1.82, 2.24) is 5.32 Å². The molecule has 20 heavy (non-hydrogen) atoms. The first-order valence-electron chi connectivity index (χ1n) is 6.16. The zero-order valence-corrected chi connectivity index (χ0v) is 11.8. The molecule has 0 radical (unpaired) electrons. The van der Waals surface area contributed by atoms with E-state index in [-0.39, 0.29) is 6.54 Å². The van der Waals surface area contributed by atoms with Crippen LogP contribution in [-0.2, 0) is 16.0 Å². The Morgan fingerprint density at radius 3 is 2.40 bits per heavy atom. The standard InChI is InChI=1S/C13H19N3O3S/c14-7-10(20)11(13(18)19)16-12(17)9(15)6-8-4-2-1-3-5-8/h1-5,9-11,20H,6-7,14-15H2,(H,16,17)(H,18,19)/t9-,10?,11-/m0/s1. The highest BCUT2D eigenvalue weighted by Crippen LogP contribution is 2.04. The number of carboxylic acids is 1. The molecule has 1 aromatic carbocycles. The fourth-order valence-corrected chi connectivity index (χ4v) is 1.88.